The van der Waals surface area contributed by atoms with Crippen LogP contribution in [0.3, 0.4) is 0 Å². The minimum Gasteiger partial charge on any atom is -0.473 e. The molecular formula is C19H29N3O7. The van der Waals surface area contributed by atoms with Crippen molar-refractivity contribution in [2.75, 3.05) is 45.2 Å². The van der Waals surface area contributed by atoms with Gasteiger partial charge in [0, 0.05) is 0 Å². The van der Waals surface area contributed by atoms with E-state index in [1.165, 1.54) is 7.11 Å². The van der Waals surface area contributed by atoms with Crippen LogP contribution in [0.15, 0.2) is 24.3 Å². The SMILES string of the molecule is CCN(CC)CCCNCC(=O)Nc1ccccc1C(=O)OC.O=C(O)C(=O)O. The number of hydrogen-bond donors (Lipinski definition) is 4. The zero-order chi connectivity index (χ0) is 22.2. The molecule has 10 nitrogen and oxygen atoms in total. The molecule has 1 amide bonds. The van der Waals surface area contributed by atoms with E-state index in [1.54, 1.807) is 24.3 Å². The Bertz CT molecular complexity index is 664. The summed E-state index contributed by atoms with van der Waals surface area (Å²) in [6.45, 7) is 8.39. The number of para-hydroxylation sites is 1. The van der Waals surface area contributed by atoms with Crippen molar-refractivity contribution in [2.24, 2.45) is 0 Å². The van der Waals surface area contributed by atoms with Crippen molar-refractivity contribution in [1.29, 1.82) is 0 Å². The molecule has 0 atom stereocenters. The third kappa shape index (κ3) is 11.5. The molecule has 1 rings (SSSR count). The number of rotatable bonds is 10. The zero-order valence-corrected chi connectivity index (χ0v) is 16.9. The molecule has 10 heteroatoms. The third-order valence-corrected chi connectivity index (χ3v) is 3.80. The van der Waals surface area contributed by atoms with Gasteiger partial charge in [0.05, 0.1) is 24.9 Å². The van der Waals surface area contributed by atoms with Gasteiger partial charge in [-0.25, -0.2) is 14.4 Å². The topological polar surface area (TPSA) is 145 Å². The van der Waals surface area contributed by atoms with E-state index in [4.69, 9.17) is 24.5 Å². The van der Waals surface area contributed by atoms with Crippen molar-refractivity contribution in [2.45, 2.75) is 20.3 Å². The first kappa shape index (κ1) is 26.0. The van der Waals surface area contributed by atoms with E-state index >= 15 is 0 Å². The van der Waals surface area contributed by atoms with Crippen molar-refractivity contribution in [3.05, 3.63) is 29.8 Å². The molecule has 0 bridgehead atoms. The van der Waals surface area contributed by atoms with Crippen molar-refractivity contribution < 1.29 is 34.1 Å². The predicted octanol–water partition coefficient (Wildman–Crippen LogP) is 0.889. The first-order chi connectivity index (χ1) is 13.8. The molecule has 4 N–H and O–H groups in total. The lowest BCUT2D eigenvalue weighted by Gasteiger charge is -2.17. The van der Waals surface area contributed by atoms with E-state index in [0.29, 0.717) is 11.3 Å². The summed E-state index contributed by atoms with van der Waals surface area (Å²) in [5, 5.41) is 20.6. The summed E-state index contributed by atoms with van der Waals surface area (Å²) in [7, 11) is 1.32. The number of ether oxygens (including phenoxy) is 1. The molecule has 0 aliphatic carbocycles. The van der Waals surface area contributed by atoms with Gasteiger partial charge >= 0.3 is 17.9 Å². The van der Waals surface area contributed by atoms with Gasteiger partial charge in [-0.2, -0.15) is 0 Å². The lowest BCUT2D eigenvalue weighted by atomic mass is 10.2. The van der Waals surface area contributed by atoms with Crippen LogP contribution in [-0.2, 0) is 19.1 Å². The number of carboxylic acids is 2. The van der Waals surface area contributed by atoms with Gasteiger partial charge in [-0.15, -0.1) is 0 Å². The number of amides is 1. The van der Waals surface area contributed by atoms with Crippen LogP contribution in [0.2, 0.25) is 0 Å². The second kappa shape index (κ2) is 15.0. The van der Waals surface area contributed by atoms with E-state index in [2.05, 4.69) is 29.4 Å². The summed E-state index contributed by atoms with van der Waals surface area (Å²) in [5.41, 5.74) is 0.819. The Hall–Kier alpha value is -2.98. The number of methoxy groups -OCH3 is 1. The summed E-state index contributed by atoms with van der Waals surface area (Å²) in [4.78, 5) is 44.1. The smallest absolute Gasteiger partial charge is 0.414 e. The van der Waals surface area contributed by atoms with E-state index < -0.39 is 17.9 Å². The molecule has 0 radical (unpaired) electrons. The fraction of sp³-hybridized carbons (Fsp3) is 0.474. The molecule has 0 unspecified atom stereocenters. The lowest BCUT2D eigenvalue weighted by Crippen LogP contribution is -2.31. The maximum Gasteiger partial charge on any atom is 0.414 e. The van der Waals surface area contributed by atoms with Gasteiger partial charge < -0.3 is 30.5 Å². The second-order valence-electron chi connectivity index (χ2n) is 5.75. The van der Waals surface area contributed by atoms with Crippen molar-refractivity contribution in [1.82, 2.24) is 10.2 Å². The Morgan fingerprint density at radius 2 is 1.62 bits per heavy atom. The molecular weight excluding hydrogens is 382 g/mol. The quantitative estimate of drug-likeness (QED) is 0.250. The van der Waals surface area contributed by atoms with Crippen LogP contribution in [0.5, 0.6) is 0 Å². The molecule has 0 saturated carbocycles. The van der Waals surface area contributed by atoms with Gasteiger partial charge in [-0.3, -0.25) is 4.79 Å². The number of nitrogens with one attached hydrogen (secondary N) is 2. The number of anilines is 1. The highest BCUT2D eigenvalue weighted by Crippen LogP contribution is 2.15. The van der Waals surface area contributed by atoms with E-state index in [1.807, 2.05) is 0 Å². The summed E-state index contributed by atoms with van der Waals surface area (Å²) in [6, 6.07) is 6.80. The van der Waals surface area contributed by atoms with Gasteiger partial charge in [0.25, 0.3) is 0 Å². The Labute approximate surface area is 169 Å². The first-order valence-electron chi connectivity index (χ1n) is 9.13. The van der Waals surface area contributed by atoms with Crippen LogP contribution in [0, 0.1) is 0 Å². The Kier molecular flexibility index (Phi) is 13.5. The maximum absolute atomic E-state index is 11.9. The normalized spacial score (nSPS) is 9.93. The molecule has 1 aromatic rings. The second-order valence-corrected chi connectivity index (χ2v) is 5.75. The number of carbonyl (C=O) groups is 4. The minimum absolute atomic E-state index is 0.177. The van der Waals surface area contributed by atoms with Crippen molar-refractivity contribution >= 4 is 29.5 Å². The van der Waals surface area contributed by atoms with Gasteiger partial charge in [0.1, 0.15) is 0 Å². The molecule has 29 heavy (non-hydrogen) atoms. The van der Waals surface area contributed by atoms with Crippen LogP contribution in [-0.4, -0.2) is 78.8 Å². The first-order valence-corrected chi connectivity index (χ1v) is 9.13. The lowest BCUT2D eigenvalue weighted by molar-refractivity contribution is -0.159. The molecule has 0 spiro atoms. The summed E-state index contributed by atoms with van der Waals surface area (Å²) in [5.74, 6) is -4.29. The number of esters is 1. The molecule has 0 aliphatic rings. The number of carbonyl (C=O) groups excluding carboxylic acids is 2. The molecule has 162 valence electrons. The minimum atomic E-state index is -1.82. The zero-order valence-electron chi connectivity index (χ0n) is 16.9. The highest BCUT2D eigenvalue weighted by Gasteiger charge is 2.12. The number of aliphatic carboxylic acids is 2. The fourth-order valence-electron chi connectivity index (χ4n) is 2.24. The monoisotopic (exact) mass is 411 g/mol. The predicted molar refractivity (Wildman–Crippen MR) is 107 cm³/mol. The molecule has 0 fully saturated rings. The van der Waals surface area contributed by atoms with Gasteiger partial charge in [-0.1, -0.05) is 26.0 Å². The Morgan fingerprint density at radius 1 is 1.03 bits per heavy atom. The van der Waals surface area contributed by atoms with Crippen molar-refractivity contribution in [3.63, 3.8) is 0 Å². The molecule has 0 heterocycles. The number of carboxylic acid groups (broad SMARTS) is 2. The van der Waals surface area contributed by atoms with Crippen LogP contribution >= 0.6 is 0 Å². The summed E-state index contributed by atoms with van der Waals surface area (Å²) < 4.78 is 4.70. The van der Waals surface area contributed by atoms with Crippen molar-refractivity contribution in [3.8, 4) is 0 Å². The largest absolute Gasteiger partial charge is 0.473 e. The third-order valence-electron chi connectivity index (χ3n) is 3.80. The fourth-order valence-corrected chi connectivity index (χ4v) is 2.24. The molecule has 0 saturated heterocycles. The maximum atomic E-state index is 11.9. The molecule has 0 aromatic heterocycles. The van der Waals surface area contributed by atoms with E-state index in [9.17, 15) is 9.59 Å². The van der Waals surface area contributed by atoms with Crippen LogP contribution in [0.4, 0.5) is 5.69 Å². The highest BCUT2D eigenvalue weighted by molar-refractivity contribution is 6.27. The van der Waals surface area contributed by atoms with Crippen LogP contribution in [0.1, 0.15) is 30.6 Å². The average molecular weight is 411 g/mol. The average Bonchev–Trinajstić information content (AvgIpc) is 2.71. The van der Waals surface area contributed by atoms with Crippen LogP contribution in [0.25, 0.3) is 0 Å². The number of benzene rings is 1. The summed E-state index contributed by atoms with van der Waals surface area (Å²) >= 11 is 0. The Morgan fingerprint density at radius 3 is 2.14 bits per heavy atom. The van der Waals surface area contributed by atoms with Gasteiger partial charge in [0.2, 0.25) is 5.91 Å². The Balaban J connectivity index is 0.00000113. The van der Waals surface area contributed by atoms with Gasteiger partial charge in [-0.05, 0) is 44.7 Å². The standard InChI is InChI=1S/C17H27N3O3.C2H2O4/c1-4-20(5-2)12-8-11-18-13-16(21)19-15-10-7-6-9-14(15)17(22)23-3;3-1(4)2(5)6/h6-7,9-10,18H,4-5,8,11-13H2,1-3H3,(H,19,21);(H,3,4)(H,5,6). The van der Waals surface area contributed by atoms with E-state index in [-0.39, 0.29) is 12.5 Å². The number of nitrogens with zero attached hydrogens (tertiary/aromatic N) is 1. The van der Waals surface area contributed by atoms with Gasteiger partial charge in [0.15, 0.2) is 0 Å². The summed E-state index contributed by atoms with van der Waals surface area (Å²) in [6.07, 6.45) is 0.994. The van der Waals surface area contributed by atoms with Crippen LogP contribution < -0.4 is 10.6 Å². The molecule has 0 aliphatic heterocycles. The molecule has 1 aromatic carbocycles. The highest BCUT2D eigenvalue weighted by atomic mass is 16.5. The van der Waals surface area contributed by atoms with E-state index in [0.717, 1.165) is 32.6 Å². The number of hydrogen-bond acceptors (Lipinski definition) is 7.